The molecule has 0 radical (unpaired) electrons. The molecule has 1 fully saturated rings. The Morgan fingerprint density at radius 3 is 2.80 bits per heavy atom. The molecule has 1 aliphatic carbocycles. The van der Waals surface area contributed by atoms with E-state index in [-0.39, 0.29) is 5.78 Å². The van der Waals surface area contributed by atoms with Gasteiger partial charge in [0.15, 0.2) is 5.78 Å². The number of ketones is 1. The maximum atomic E-state index is 12.0. The lowest BCUT2D eigenvalue weighted by Gasteiger charge is -2.37. The van der Waals surface area contributed by atoms with E-state index in [1.54, 1.807) is 6.08 Å². The molecule has 0 aromatic heterocycles. The summed E-state index contributed by atoms with van der Waals surface area (Å²) in [5.74, 6) is 0.0763. The van der Waals surface area contributed by atoms with Gasteiger partial charge in [-0.3, -0.25) is 4.79 Å². The molecule has 1 aromatic carbocycles. The first kappa shape index (κ1) is 16.3. The zero-order valence-corrected chi connectivity index (χ0v) is 15.8. The second-order valence-electron chi connectivity index (χ2n) is 7.36. The van der Waals surface area contributed by atoms with Gasteiger partial charge in [0, 0.05) is 18.8 Å². The molecular formula is C21H24N2OSi. The van der Waals surface area contributed by atoms with Gasteiger partial charge in [0.2, 0.25) is 0 Å². The highest BCUT2D eigenvalue weighted by atomic mass is 28.3. The Hall–Kier alpha value is -2.20. The van der Waals surface area contributed by atoms with E-state index in [9.17, 15) is 4.79 Å². The third-order valence-corrected chi connectivity index (χ3v) is 9.94. The van der Waals surface area contributed by atoms with E-state index in [0.717, 1.165) is 35.7 Å². The van der Waals surface area contributed by atoms with Crippen molar-refractivity contribution in [3.05, 3.63) is 54.3 Å². The molecule has 3 aliphatic rings. The number of piperidine rings is 1. The van der Waals surface area contributed by atoms with Crippen LogP contribution in [0.15, 0.2) is 59.3 Å². The highest BCUT2D eigenvalue weighted by Gasteiger charge is 2.41. The highest BCUT2D eigenvalue weighted by Crippen LogP contribution is 2.35. The number of nitrogens with zero attached hydrogens (tertiary/aromatic N) is 2. The zero-order chi connectivity index (χ0) is 17.4. The van der Waals surface area contributed by atoms with Gasteiger partial charge in [0.25, 0.3) is 0 Å². The molecule has 3 nitrogen and oxygen atoms in total. The molecule has 1 atom stereocenters. The number of allylic oxidation sites excluding steroid dienone is 5. The Labute approximate surface area is 150 Å². The minimum atomic E-state index is -2.04. The fraction of sp³-hybridized carbons (Fsp3) is 0.333. The lowest BCUT2D eigenvalue weighted by Crippen LogP contribution is -2.51. The number of benzene rings is 1. The summed E-state index contributed by atoms with van der Waals surface area (Å²) in [5.41, 5.74) is 3.34. The number of aliphatic imine (C=N–C) groups is 1. The van der Waals surface area contributed by atoms with Gasteiger partial charge in [-0.2, -0.15) is 0 Å². The van der Waals surface area contributed by atoms with Crippen LogP contribution in [-0.4, -0.2) is 32.7 Å². The van der Waals surface area contributed by atoms with Crippen molar-refractivity contribution in [3.8, 4) is 0 Å². The third kappa shape index (κ3) is 2.74. The van der Waals surface area contributed by atoms with E-state index in [1.165, 1.54) is 30.1 Å². The molecule has 0 spiro atoms. The Bertz CT molecular complexity index is 830. The van der Waals surface area contributed by atoms with E-state index in [2.05, 4.69) is 36.2 Å². The number of carbonyl (C=O) groups excluding carboxylic acids is 1. The summed E-state index contributed by atoms with van der Waals surface area (Å²) in [6.45, 7) is 8.62. The number of hydrogen-bond acceptors (Lipinski definition) is 3. The van der Waals surface area contributed by atoms with Gasteiger partial charge < -0.3 is 4.90 Å². The van der Waals surface area contributed by atoms with Crippen LogP contribution in [0.25, 0.3) is 0 Å². The summed E-state index contributed by atoms with van der Waals surface area (Å²) in [7, 11) is -2.04. The van der Waals surface area contributed by atoms with E-state index < -0.39 is 8.07 Å². The van der Waals surface area contributed by atoms with Crippen molar-refractivity contribution < 1.29 is 4.79 Å². The summed E-state index contributed by atoms with van der Waals surface area (Å²) < 4.78 is 0. The molecule has 2 aliphatic heterocycles. The largest absolute Gasteiger partial charge is 0.372 e. The number of carbonyl (C=O) groups is 1. The van der Waals surface area contributed by atoms with E-state index in [1.807, 2.05) is 18.2 Å². The van der Waals surface area contributed by atoms with Crippen LogP contribution in [0, 0.1) is 0 Å². The normalized spacial score (nSPS) is 25.0. The molecule has 4 heteroatoms. The molecule has 4 rings (SSSR count). The first-order valence-corrected chi connectivity index (χ1v) is 11.9. The van der Waals surface area contributed by atoms with Gasteiger partial charge in [-0.15, -0.1) is 6.58 Å². The van der Waals surface area contributed by atoms with Crippen LogP contribution in [0.5, 0.6) is 0 Å². The fourth-order valence-electron chi connectivity index (χ4n) is 4.25. The summed E-state index contributed by atoms with van der Waals surface area (Å²) in [5, 5.41) is 2.50. The first-order chi connectivity index (χ1) is 12.1. The monoisotopic (exact) mass is 348 g/mol. The maximum absolute atomic E-state index is 12.0. The summed E-state index contributed by atoms with van der Waals surface area (Å²) in [6, 6.07) is 7.65. The minimum absolute atomic E-state index is 0.0763. The predicted octanol–water partition coefficient (Wildman–Crippen LogP) is 3.84. The standard InChI is InChI=1S/C21H24N2OSi/c1-3-13-25(2)20-14-16(23-11-5-4-6-12-23)7-9-18(20)22-19-10-8-17(24)15-21(19)25/h3,7-10,14-15H,1,4-6,11-13H2,2H3. The molecule has 1 unspecified atom stereocenters. The molecule has 1 aromatic rings. The van der Waals surface area contributed by atoms with Gasteiger partial charge in [0.05, 0.1) is 11.4 Å². The lowest BCUT2D eigenvalue weighted by atomic mass is 10.1. The van der Waals surface area contributed by atoms with Crippen molar-refractivity contribution in [2.75, 3.05) is 18.0 Å². The number of anilines is 1. The number of hydrogen-bond donors (Lipinski definition) is 0. The van der Waals surface area contributed by atoms with Crippen molar-refractivity contribution >= 4 is 36.1 Å². The van der Waals surface area contributed by atoms with Gasteiger partial charge >= 0.3 is 0 Å². The van der Waals surface area contributed by atoms with Crippen molar-refractivity contribution in [3.63, 3.8) is 0 Å². The van der Waals surface area contributed by atoms with Crippen molar-refractivity contribution in [1.82, 2.24) is 0 Å². The van der Waals surface area contributed by atoms with Gasteiger partial charge in [-0.25, -0.2) is 4.99 Å². The van der Waals surface area contributed by atoms with Crippen LogP contribution >= 0.6 is 0 Å². The molecule has 1 saturated heterocycles. The molecule has 128 valence electrons. The molecule has 0 bridgehead atoms. The lowest BCUT2D eigenvalue weighted by molar-refractivity contribution is -0.110. The third-order valence-electron chi connectivity index (χ3n) is 5.65. The van der Waals surface area contributed by atoms with Gasteiger partial charge in [0.1, 0.15) is 8.07 Å². The van der Waals surface area contributed by atoms with E-state index in [4.69, 9.17) is 4.99 Å². The second kappa shape index (κ2) is 6.26. The summed E-state index contributed by atoms with van der Waals surface area (Å²) in [4.78, 5) is 19.4. The molecule has 25 heavy (non-hydrogen) atoms. The smallest absolute Gasteiger partial charge is 0.178 e. The van der Waals surface area contributed by atoms with Crippen LogP contribution in [0.4, 0.5) is 11.4 Å². The average Bonchev–Trinajstić information content (AvgIpc) is 2.64. The Morgan fingerprint density at radius 2 is 2.04 bits per heavy atom. The minimum Gasteiger partial charge on any atom is -0.372 e. The Morgan fingerprint density at radius 1 is 1.24 bits per heavy atom. The van der Waals surface area contributed by atoms with Crippen molar-refractivity contribution in [1.29, 1.82) is 0 Å². The SMILES string of the molecule is C=CC[Si]1(C)C2=CC(=O)C=CC2=Nc2ccc(N3CCCCC3)cc21. The topological polar surface area (TPSA) is 32.7 Å². The first-order valence-electron chi connectivity index (χ1n) is 9.15. The van der Waals surface area contributed by atoms with E-state index in [0.29, 0.717) is 0 Å². The average molecular weight is 349 g/mol. The maximum Gasteiger partial charge on any atom is 0.178 e. The number of rotatable bonds is 3. The molecular weight excluding hydrogens is 324 g/mol. The molecule has 0 saturated carbocycles. The highest BCUT2D eigenvalue weighted by molar-refractivity contribution is 7.02. The van der Waals surface area contributed by atoms with Gasteiger partial charge in [-0.1, -0.05) is 12.6 Å². The molecule has 0 amide bonds. The van der Waals surface area contributed by atoms with Crippen LogP contribution in [0.2, 0.25) is 12.6 Å². The number of fused-ring (bicyclic) bond motifs is 2. The Kier molecular flexibility index (Phi) is 4.08. The van der Waals surface area contributed by atoms with Gasteiger partial charge in [-0.05, 0) is 72.1 Å². The second-order valence-corrected chi connectivity index (χ2v) is 11.5. The summed E-state index contributed by atoms with van der Waals surface area (Å²) >= 11 is 0. The van der Waals surface area contributed by atoms with E-state index >= 15 is 0 Å². The fourth-order valence-corrected chi connectivity index (χ4v) is 7.89. The van der Waals surface area contributed by atoms with Crippen LogP contribution < -0.4 is 10.1 Å². The predicted molar refractivity (Wildman–Crippen MR) is 108 cm³/mol. The Balaban J connectivity index is 1.85. The zero-order valence-electron chi connectivity index (χ0n) is 14.8. The molecule has 2 heterocycles. The van der Waals surface area contributed by atoms with Crippen molar-refractivity contribution in [2.24, 2.45) is 4.99 Å². The quantitative estimate of drug-likeness (QED) is 0.472. The van der Waals surface area contributed by atoms with Crippen molar-refractivity contribution in [2.45, 2.75) is 31.9 Å². The van der Waals surface area contributed by atoms with Crippen LogP contribution in [-0.2, 0) is 4.79 Å². The molecule has 0 N–H and O–H groups in total. The van der Waals surface area contributed by atoms with Crippen LogP contribution in [0.3, 0.4) is 0 Å². The van der Waals surface area contributed by atoms with Crippen LogP contribution in [0.1, 0.15) is 19.3 Å². The summed E-state index contributed by atoms with van der Waals surface area (Å²) in [6.07, 6.45) is 11.2.